The predicted octanol–water partition coefficient (Wildman–Crippen LogP) is 2.82. The first-order chi connectivity index (χ1) is 11.5. The van der Waals surface area contributed by atoms with E-state index in [0.29, 0.717) is 5.92 Å². The van der Waals surface area contributed by atoms with Crippen LogP contribution in [0.3, 0.4) is 0 Å². The van der Waals surface area contributed by atoms with E-state index >= 15 is 0 Å². The average molecular weight is 329 g/mol. The minimum Gasteiger partial charge on any atom is -0.373 e. The highest BCUT2D eigenvalue weighted by molar-refractivity contribution is 5.87. The zero-order valence-electron chi connectivity index (χ0n) is 15.3. The summed E-state index contributed by atoms with van der Waals surface area (Å²) in [5.74, 6) is 1.51. The third kappa shape index (κ3) is 4.29. The number of nitrogens with one attached hydrogen (secondary N) is 2. The lowest BCUT2D eigenvalue weighted by atomic mass is 9.96. The number of hydrogen-bond donors (Lipinski definition) is 2. The molecule has 1 saturated heterocycles. The van der Waals surface area contributed by atoms with Gasteiger partial charge in [-0.25, -0.2) is 0 Å². The van der Waals surface area contributed by atoms with E-state index in [9.17, 15) is 4.79 Å². The van der Waals surface area contributed by atoms with Crippen molar-refractivity contribution in [3.63, 3.8) is 0 Å². The van der Waals surface area contributed by atoms with Gasteiger partial charge >= 0.3 is 0 Å². The molecule has 4 nitrogen and oxygen atoms in total. The smallest absolute Gasteiger partial charge is 0.242 e. The summed E-state index contributed by atoms with van der Waals surface area (Å²) >= 11 is 0. The van der Waals surface area contributed by atoms with Crippen molar-refractivity contribution in [3.05, 3.63) is 29.3 Å². The number of rotatable bonds is 5. The number of hydrogen-bond acceptors (Lipinski definition) is 3. The zero-order chi connectivity index (χ0) is 17.1. The molecule has 2 N–H and O–H groups in total. The van der Waals surface area contributed by atoms with Gasteiger partial charge in [-0.05, 0) is 56.3 Å². The maximum atomic E-state index is 12.5. The van der Waals surface area contributed by atoms with Gasteiger partial charge in [-0.1, -0.05) is 31.5 Å². The molecule has 0 aromatic heterocycles. The number of likely N-dealkylation sites (tertiary alicyclic amines) is 1. The number of piperidine rings is 1. The lowest BCUT2D eigenvalue weighted by Gasteiger charge is -2.33. The average Bonchev–Trinajstić information content (AvgIpc) is 2.96. The molecule has 2 aliphatic heterocycles. The SMILES string of the molecule is Cc1ccc2c(c1)C[C@H](C(=O)NCC1CCN(CC(C)C)CC1)N2. The third-order valence-electron chi connectivity index (χ3n) is 5.23. The lowest BCUT2D eigenvalue weighted by Crippen LogP contribution is -2.43. The van der Waals surface area contributed by atoms with Crippen molar-refractivity contribution in [2.24, 2.45) is 11.8 Å². The van der Waals surface area contributed by atoms with Crippen LogP contribution in [-0.2, 0) is 11.2 Å². The number of amides is 1. The maximum absolute atomic E-state index is 12.5. The zero-order valence-corrected chi connectivity index (χ0v) is 15.3. The van der Waals surface area contributed by atoms with Crippen LogP contribution in [0, 0.1) is 18.8 Å². The van der Waals surface area contributed by atoms with E-state index in [1.807, 2.05) is 0 Å². The van der Waals surface area contributed by atoms with Crippen molar-refractivity contribution in [1.29, 1.82) is 0 Å². The van der Waals surface area contributed by atoms with Gasteiger partial charge in [0.05, 0.1) is 0 Å². The lowest BCUT2D eigenvalue weighted by molar-refractivity contribution is -0.122. The summed E-state index contributed by atoms with van der Waals surface area (Å²) in [6, 6.07) is 6.25. The Morgan fingerprint density at radius 2 is 2.08 bits per heavy atom. The predicted molar refractivity (Wildman–Crippen MR) is 99.3 cm³/mol. The maximum Gasteiger partial charge on any atom is 0.242 e. The van der Waals surface area contributed by atoms with Crippen LogP contribution in [0.1, 0.15) is 37.8 Å². The Morgan fingerprint density at radius 1 is 1.33 bits per heavy atom. The molecule has 0 spiro atoms. The molecule has 132 valence electrons. The number of anilines is 1. The van der Waals surface area contributed by atoms with Crippen molar-refractivity contribution in [1.82, 2.24) is 10.2 Å². The Bertz CT molecular complexity index is 576. The first-order valence-corrected chi connectivity index (χ1v) is 9.37. The summed E-state index contributed by atoms with van der Waals surface area (Å²) in [5, 5.41) is 6.54. The fourth-order valence-electron chi connectivity index (χ4n) is 3.91. The number of benzene rings is 1. The standard InChI is InChI=1S/C20H31N3O/c1-14(2)13-23-8-6-16(7-9-23)12-21-20(24)19-11-17-10-15(3)4-5-18(17)22-19/h4-5,10,14,16,19,22H,6-9,11-13H2,1-3H3,(H,21,24)/t19-/m1/s1. The Hall–Kier alpha value is -1.55. The van der Waals surface area contributed by atoms with Crippen molar-refractivity contribution in [3.8, 4) is 0 Å². The van der Waals surface area contributed by atoms with Crippen LogP contribution in [0.5, 0.6) is 0 Å². The largest absolute Gasteiger partial charge is 0.373 e. The fourth-order valence-corrected chi connectivity index (χ4v) is 3.91. The molecule has 1 atom stereocenters. The van der Waals surface area contributed by atoms with Crippen LogP contribution in [0.4, 0.5) is 5.69 Å². The molecule has 3 rings (SSSR count). The molecule has 0 bridgehead atoms. The van der Waals surface area contributed by atoms with Gasteiger partial charge in [0.25, 0.3) is 0 Å². The van der Waals surface area contributed by atoms with Gasteiger partial charge in [0.1, 0.15) is 6.04 Å². The summed E-state index contributed by atoms with van der Waals surface area (Å²) in [6.45, 7) is 11.0. The van der Waals surface area contributed by atoms with E-state index in [4.69, 9.17) is 0 Å². The van der Waals surface area contributed by atoms with Crippen LogP contribution >= 0.6 is 0 Å². The number of nitrogens with zero attached hydrogens (tertiary/aromatic N) is 1. The van der Waals surface area contributed by atoms with Gasteiger partial charge in [-0.15, -0.1) is 0 Å². The molecule has 24 heavy (non-hydrogen) atoms. The minimum atomic E-state index is -0.108. The molecular formula is C20H31N3O. The summed E-state index contributed by atoms with van der Waals surface area (Å²) in [4.78, 5) is 15.0. The molecule has 0 radical (unpaired) electrons. The summed E-state index contributed by atoms with van der Waals surface area (Å²) in [5.41, 5.74) is 3.63. The second-order valence-electron chi connectivity index (χ2n) is 7.94. The van der Waals surface area contributed by atoms with Gasteiger partial charge in [0.15, 0.2) is 0 Å². The van der Waals surface area contributed by atoms with Crippen LogP contribution in [0.15, 0.2) is 18.2 Å². The molecule has 1 fully saturated rings. The highest BCUT2D eigenvalue weighted by Gasteiger charge is 2.27. The van der Waals surface area contributed by atoms with E-state index < -0.39 is 0 Å². The number of carbonyl (C=O) groups is 1. The van der Waals surface area contributed by atoms with Crippen molar-refractivity contribution < 1.29 is 4.79 Å². The summed E-state index contributed by atoms with van der Waals surface area (Å²) in [6.07, 6.45) is 3.20. The summed E-state index contributed by atoms with van der Waals surface area (Å²) in [7, 11) is 0. The molecule has 0 unspecified atom stereocenters. The minimum absolute atomic E-state index is 0.108. The van der Waals surface area contributed by atoms with Crippen molar-refractivity contribution in [2.45, 2.75) is 46.1 Å². The Labute approximate surface area is 146 Å². The molecule has 1 amide bonds. The van der Waals surface area contributed by atoms with Gasteiger partial charge < -0.3 is 15.5 Å². The van der Waals surface area contributed by atoms with E-state index in [1.54, 1.807) is 0 Å². The Balaban J connectivity index is 1.41. The first kappa shape index (κ1) is 17.3. The van der Waals surface area contributed by atoms with E-state index in [-0.39, 0.29) is 11.9 Å². The number of aryl methyl sites for hydroxylation is 1. The highest BCUT2D eigenvalue weighted by atomic mass is 16.2. The van der Waals surface area contributed by atoms with E-state index in [1.165, 1.54) is 43.6 Å². The highest BCUT2D eigenvalue weighted by Crippen LogP contribution is 2.26. The molecule has 0 aliphatic carbocycles. The van der Waals surface area contributed by atoms with Crippen molar-refractivity contribution >= 4 is 11.6 Å². The molecule has 2 aliphatic rings. The van der Waals surface area contributed by atoms with Crippen LogP contribution < -0.4 is 10.6 Å². The molecule has 0 saturated carbocycles. The molecule has 4 heteroatoms. The molecule has 2 heterocycles. The fraction of sp³-hybridized carbons (Fsp3) is 0.650. The van der Waals surface area contributed by atoms with Gasteiger partial charge in [-0.3, -0.25) is 4.79 Å². The first-order valence-electron chi connectivity index (χ1n) is 9.37. The Morgan fingerprint density at radius 3 is 2.79 bits per heavy atom. The molecule has 1 aromatic rings. The topological polar surface area (TPSA) is 44.4 Å². The molecular weight excluding hydrogens is 298 g/mol. The van der Waals surface area contributed by atoms with Gasteiger partial charge in [0.2, 0.25) is 5.91 Å². The van der Waals surface area contributed by atoms with Crippen LogP contribution in [0.25, 0.3) is 0 Å². The normalized spacial score (nSPS) is 21.6. The van der Waals surface area contributed by atoms with Crippen LogP contribution in [-0.4, -0.2) is 43.0 Å². The number of carbonyl (C=O) groups excluding carboxylic acids is 1. The second kappa shape index (κ2) is 7.56. The quantitative estimate of drug-likeness (QED) is 0.873. The number of fused-ring (bicyclic) bond motifs is 1. The molecule has 1 aromatic carbocycles. The monoisotopic (exact) mass is 329 g/mol. The van der Waals surface area contributed by atoms with E-state index in [2.05, 4.69) is 54.5 Å². The van der Waals surface area contributed by atoms with E-state index in [0.717, 1.165) is 24.6 Å². The van der Waals surface area contributed by atoms with Crippen molar-refractivity contribution in [2.75, 3.05) is 31.5 Å². The van der Waals surface area contributed by atoms with Gasteiger partial charge in [-0.2, -0.15) is 0 Å². The summed E-state index contributed by atoms with van der Waals surface area (Å²) < 4.78 is 0. The van der Waals surface area contributed by atoms with Crippen LogP contribution in [0.2, 0.25) is 0 Å². The Kier molecular flexibility index (Phi) is 5.44. The van der Waals surface area contributed by atoms with Gasteiger partial charge in [0, 0.05) is 25.2 Å². The third-order valence-corrected chi connectivity index (χ3v) is 5.23. The second-order valence-corrected chi connectivity index (χ2v) is 7.94.